The van der Waals surface area contributed by atoms with Crippen molar-refractivity contribution in [3.05, 3.63) is 0 Å². The molecule has 2 N–H and O–H groups in total. The molecule has 1 saturated heterocycles. The third kappa shape index (κ3) is 3.33. The molecule has 0 radical (unpaired) electrons. The number of hydrogen-bond acceptors (Lipinski definition) is 2. The lowest BCUT2D eigenvalue weighted by Crippen LogP contribution is -2.48. The minimum Gasteiger partial charge on any atom is -0.330 e. The summed E-state index contributed by atoms with van der Waals surface area (Å²) in [6.45, 7) is 13.2. The molecule has 2 nitrogen and oxygen atoms in total. The summed E-state index contributed by atoms with van der Waals surface area (Å²) < 4.78 is 0. The van der Waals surface area contributed by atoms with Gasteiger partial charge in [0.05, 0.1) is 0 Å². The number of nitrogens with two attached hydrogens (primary N) is 1. The van der Waals surface area contributed by atoms with Crippen molar-refractivity contribution < 1.29 is 0 Å². The molecule has 112 valence electrons. The summed E-state index contributed by atoms with van der Waals surface area (Å²) in [4.78, 5) is 2.76. The molecule has 2 fully saturated rings. The van der Waals surface area contributed by atoms with E-state index in [-0.39, 0.29) is 0 Å². The van der Waals surface area contributed by atoms with E-state index in [0.29, 0.717) is 5.41 Å². The molecule has 2 rings (SSSR count). The van der Waals surface area contributed by atoms with Crippen LogP contribution in [-0.4, -0.2) is 30.6 Å². The predicted octanol–water partition coefficient (Wildman–Crippen LogP) is 3.51. The molecule has 0 spiro atoms. The Morgan fingerprint density at radius 2 is 1.95 bits per heavy atom. The van der Waals surface area contributed by atoms with Crippen LogP contribution in [0.15, 0.2) is 0 Å². The fourth-order valence-electron chi connectivity index (χ4n) is 4.20. The van der Waals surface area contributed by atoms with Crippen molar-refractivity contribution >= 4 is 0 Å². The van der Waals surface area contributed by atoms with Gasteiger partial charge in [-0.1, -0.05) is 34.1 Å². The van der Waals surface area contributed by atoms with Crippen molar-refractivity contribution in [2.24, 2.45) is 28.9 Å². The Balaban J connectivity index is 2.05. The summed E-state index contributed by atoms with van der Waals surface area (Å²) in [5, 5.41) is 0. The number of likely N-dealkylation sites (tertiary alicyclic amines) is 1. The summed E-state index contributed by atoms with van der Waals surface area (Å²) in [5.74, 6) is 2.52. The molecule has 0 aromatic heterocycles. The molecule has 0 amide bonds. The highest BCUT2D eigenvalue weighted by atomic mass is 15.2. The quantitative estimate of drug-likeness (QED) is 0.844. The normalized spacial score (nSPS) is 37.7. The first-order valence-corrected chi connectivity index (χ1v) is 8.42. The summed E-state index contributed by atoms with van der Waals surface area (Å²) in [5.41, 5.74) is 6.56. The Kier molecular flexibility index (Phi) is 4.94. The van der Waals surface area contributed by atoms with Gasteiger partial charge >= 0.3 is 0 Å². The van der Waals surface area contributed by atoms with E-state index >= 15 is 0 Å². The zero-order valence-corrected chi connectivity index (χ0v) is 13.5. The highest BCUT2D eigenvalue weighted by Crippen LogP contribution is 2.44. The average Bonchev–Trinajstić information content (AvgIpc) is 2.84. The molecular weight excluding hydrogens is 232 g/mol. The van der Waals surface area contributed by atoms with E-state index in [4.69, 9.17) is 5.73 Å². The van der Waals surface area contributed by atoms with Crippen LogP contribution in [0.1, 0.15) is 59.8 Å². The standard InChI is InChI=1S/C17H34N2/c1-5-17(3,4)15-7-6-14(11-18)16(10-15)19-9-8-13(2)12-19/h13-16H,5-12,18H2,1-4H3. The summed E-state index contributed by atoms with van der Waals surface area (Å²) in [7, 11) is 0. The Morgan fingerprint density at radius 3 is 2.47 bits per heavy atom. The zero-order chi connectivity index (χ0) is 14.0. The number of rotatable bonds is 4. The molecule has 0 aromatic carbocycles. The van der Waals surface area contributed by atoms with Gasteiger partial charge in [-0.2, -0.15) is 0 Å². The fraction of sp³-hybridized carbons (Fsp3) is 1.00. The van der Waals surface area contributed by atoms with Crippen LogP contribution >= 0.6 is 0 Å². The van der Waals surface area contributed by atoms with E-state index in [1.54, 1.807) is 0 Å². The minimum absolute atomic E-state index is 0.503. The molecule has 0 aromatic rings. The predicted molar refractivity (Wildman–Crippen MR) is 83.1 cm³/mol. The SMILES string of the molecule is CCC(C)(C)C1CCC(CN)C(N2CCC(C)C2)C1. The van der Waals surface area contributed by atoms with Gasteiger partial charge in [-0.3, -0.25) is 4.90 Å². The van der Waals surface area contributed by atoms with Crippen molar-refractivity contribution in [3.8, 4) is 0 Å². The van der Waals surface area contributed by atoms with Crippen LogP contribution in [0.5, 0.6) is 0 Å². The molecule has 4 atom stereocenters. The second kappa shape index (κ2) is 6.13. The van der Waals surface area contributed by atoms with Gasteiger partial charge in [0.1, 0.15) is 0 Å². The summed E-state index contributed by atoms with van der Waals surface area (Å²) in [6.07, 6.45) is 6.81. The van der Waals surface area contributed by atoms with Crippen molar-refractivity contribution in [1.82, 2.24) is 4.90 Å². The van der Waals surface area contributed by atoms with Crippen LogP contribution in [0.2, 0.25) is 0 Å². The molecular formula is C17H34N2. The van der Waals surface area contributed by atoms with E-state index in [9.17, 15) is 0 Å². The van der Waals surface area contributed by atoms with Gasteiger partial charge in [-0.15, -0.1) is 0 Å². The lowest BCUT2D eigenvalue weighted by atomic mass is 9.65. The lowest BCUT2D eigenvalue weighted by molar-refractivity contribution is 0.0477. The van der Waals surface area contributed by atoms with Crippen molar-refractivity contribution in [1.29, 1.82) is 0 Å². The van der Waals surface area contributed by atoms with Crippen LogP contribution < -0.4 is 5.73 Å². The van der Waals surface area contributed by atoms with Gasteiger partial charge in [0.25, 0.3) is 0 Å². The van der Waals surface area contributed by atoms with Crippen LogP contribution in [0.4, 0.5) is 0 Å². The Hall–Kier alpha value is -0.0800. The molecule has 2 aliphatic rings. The van der Waals surface area contributed by atoms with Crippen molar-refractivity contribution in [2.45, 2.75) is 65.8 Å². The van der Waals surface area contributed by atoms with Gasteiger partial charge in [0.2, 0.25) is 0 Å². The highest BCUT2D eigenvalue weighted by molar-refractivity contribution is 4.93. The maximum atomic E-state index is 6.06. The van der Waals surface area contributed by atoms with E-state index in [2.05, 4.69) is 32.6 Å². The zero-order valence-electron chi connectivity index (χ0n) is 13.5. The largest absolute Gasteiger partial charge is 0.330 e. The minimum atomic E-state index is 0.503. The van der Waals surface area contributed by atoms with E-state index in [1.165, 1.54) is 45.2 Å². The van der Waals surface area contributed by atoms with Gasteiger partial charge < -0.3 is 5.73 Å². The molecule has 0 bridgehead atoms. The molecule has 1 heterocycles. The fourth-order valence-corrected chi connectivity index (χ4v) is 4.20. The third-order valence-electron chi connectivity index (χ3n) is 6.20. The first-order valence-electron chi connectivity index (χ1n) is 8.42. The van der Waals surface area contributed by atoms with E-state index in [0.717, 1.165) is 30.3 Å². The summed E-state index contributed by atoms with van der Waals surface area (Å²) >= 11 is 0. The second-order valence-electron chi connectivity index (χ2n) is 7.80. The Labute approximate surface area is 120 Å². The Bertz CT molecular complexity index is 287. The van der Waals surface area contributed by atoms with Gasteiger partial charge in [-0.25, -0.2) is 0 Å². The molecule has 1 aliphatic carbocycles. The topological polar surface area (TPSA) is 29.3 Å². The van der Waals surface area contributed by atoms with Crippen LogP contribution in [-0.2, 0) is 0 Å². The van der Waals surface area contributed by atoms with Crippen molar-refractivity contribution in [3.63, 3.8) is 0 Å². The van der Waals surface area contributed by atoms with Crippen LogP contribution in [0.3, 0.4) is 0 Å². The molecule has 2 heteroatoms. The smallest absolute Gasteiger partial charge is 0.0138 e. The van der Waals surface area contributed by atoms with E-state index < -0.39 is 0 Å². The molecule has 1 saturated carbocycles. The van der Waals surface area contributed by atoms with Gasteiger partial charge in [0.15, 0.2) is 0 Å². The Morgan fingerprint density at radius 1 is 1.21 bits per heavy atom. The molecule has 4 unspecified atom stereocenters. The maximum Gasteiger partial charge on any atom is 0.0138 e. The maximum absolute atomic E-state index is 6.06. The van der Waals surface area contributed by atoms with Gasteiger partial charge in [-0.05, 0) is 61.9 Å². The second-order valence-corrected chi connectivity index (χ2v) is 7.80. The highest BCUT2D eigenvalue weighted by Gasteiger charge is 2.40. The first kappa shape index (κ1) is 15.3. The molecule has 19 heavy (non-hydrogen) atoms. The first-order chi connectivity index (χ1) is 8.97. The van der Waals surface area contributed by atoms with Gasteiger partial charge in [0, 0.05) is 12.6 Å². The number of hydrogen-bond donors (Lipinski definition) is 1. The summed E-state index contributed by atoms with van der Waals surface area (Å²) in [6, 6.07) is 0.763. The third-order valence-corrected chi connectivity index (χ3v) is 6.20. The molecule has 1 aliphatic heterocycles. The lowest BCUT2D eigenvalue weighted by Gasteiger charge is -2.46. The monoisotopic (exact) mass is 266 g/mol. The van der Waals surface area contributed by atoms with Crippen molar-refractivity contribution in [2.75, 3.05) is 19.6 Å². The van der Waals surface area contributed by atoms with E-state index in [1.807, 2.05) is 0 Å². The van der Waals surface area contributed by atoms with Crippen LogP contribution in [0, 0.1) is 23.2 Å². The van der Waals surface area contributed by atoms with Crippen LogP contribution in [0.25, 0.3) is 0 Å². The number of nitrogens with zero attached hydrogens (tertiary/aromatic N) is 1. The average molecular weight is 266 g/mol.